The third-order valence-electron chi connectivity index (χ3n) is 7.49. The van der Waals surface area contributed by atoms with Crippen LogP contribution in [0.3, 0.4) is 0 Å². The maximum Gasteiger partial charge on any atom is 0.254 e. The van der Waals surface area contributed by atoms with Crippen molar-refractivity contribution >= 4 is 28.6 Å². The van der Waals surface area contributed by atoms with E-state index in [2.05, 4.69) is 38.0 Å². The molecule has 1 aliphatic heterocycles. The van der Waals surface area contributed by atoms with Crippen LogP contribution in [0.1, 0.15) is 77.0 Å². The van der Waals surface area contributed by atoms with Gasteiger partial charge in [0, 0.05) is 41.2 Å². The highest BCUT2D eigenvalue weighted by atomic mass is 32.2. The third-order valence-corrected chi connectivity index (χ3v) is 9.54. The van der Waals surface area contributed by atoms with Crippen molar-refractivity contribution in [3.05, 3.63) is 39.9 Å². The van der Waals surface area contributed by atoms with Crippen LogP contribution in [0.5, 0.6) is 0 Å². The molecule has 0 aromatic carbocycles. The largest absolute Gasteiger partial charge is 0.352 e. The topological polar surface area (TPSA) is 64.0 Å². The number of thioether (sulfide) groups is 1. The number of rotatable bonds is 3. The van der Waals surface area contributed by atoms with E-state index in [9.17, 15) is 9.59 Å². The Balaban J connectivity index is 1.51. The summed E-state index contributed by atoms with van der Waals surface area (Å²) in [6, 6.07) is 4.14. The number of carbonyl (C=O) groups is 1. The van der Waals surface area contributed by atoms with Crippen LogP contribution < -0.4 is 10.9 Å². The van der Waals surface area contributed by atoms with Crippen molar-refractivity contribution in [1.82, 2.24) is 14.9 Å². The monoisotopic (exact) mass is 455 g/mol. The fraction of sp³-hybridized carbons (Fsp3) is 0.654. The first-order chi connectivity index (χ1) is 15.0. The predicted molar refractivity (Wildman–Crippen MR) is 133 cm³/mol. The fourth-order valence-electron chi connectivity index (χ4n) is 5.40. The highest BCUT2D eigenvalue weighted by Gasteiger charge is 2.38. The minimum absolute atomic E-state index is 0.0554. The molecule has 2 aromatic heterocycles. The smallest absolute Gasteiger partial charge is 0.254 e. The van der Waals surface area contributed by atoms with E-state index < -0.39 is 0 Å². The number of aromatic nitrogens is 2. The number of hydrogen-bond acceptors (Lipinski definition) is 4. The molecular formula is C26H37N3O2S. The molecule has 1 N–H and O–H groups in total. The van der Waals surface area contributed by atoms with Gasteiger partial charge in [0.1, 0.15) is 0 Å². The van der Waals surface area contributed by atoms with Gasteiger partial charge in [-0.05, 0) is 68.4 Å². The minimum atomic E-state index is 0.0554. The lowest BCUT2D eigenvalue weighted by Crippen LogP contribution is -2.44. The van der Waals surface area contributed by atoms with Crippen molar-refractivity contribution in [2.75, 3.05) is 0 Å². The van der Waals surface area contributed by atoms with Crippen molar-refractivity contribution < 1.29 is 4.79 Å². The summed E-state index contributed by atoms with van der Waals surface area (Å²) >= 11 is 1.85. The van der Waals surface area contributed by atoms with Gasteiger partial charge in [-0.25, -0.2) is 0 Å². The zero-order chi connectivity index (χ0) is 23.2. The number of hydrogen-bond donors (Lipinski definition) is 1. The average molecular weight is 456 g/mol. The van der Waals surface area contributed by atoms with Crippen LogP contribution in [0.2, 0.25) is 0 Å². The van der Waals surface area contributed by atoms with Crippen molar-refractivity contribution in [2.24, 2.45) is 18.4 Å². The quantitative estimate of drug-likeness (QED) is 0.712. The molecule has 0 radical (unpaired) electrons. The van der Waals surface area contributed by atoms with Gasteiger partial charge in [0.2, 0.25) is 5.91 Å². The van der Waals surface area contributed by atoms with E-state index >= 15 is 0 Å². The highest BCUT2D eigenvalue weighted by molar-refractivity contribution is 8.01. The van der Waals surface area contributed by atoms with Crippen molar-refractivity contribution in [3.8, 4) is 0 Å². The van der Waals surface area contributed by atoms with Crippen LogP contribution in [0, 0.1) is 18.3 Å². The van der Waals surface area contributed by atoms with Crippen LogP contribution in [-0.2, 0) is 11.8 Å². The van der Waals surface area contributed by atoms with Gasteiger partial charge >= 0.3 is 0 Å². The maximum absolute atomic E-state index is 13.3. The minimum Gasteiger partial charge on any atom is -0.352 e. The number of amides is 1. The number of pyridine rings is 2. The first-order valence-corrected chi connectivity index (χ1v) is 12.9. The van der Waals surface area contributed by atoms with Gasteiger partial charge in [0.05, 0.1) is 10.8 Å². The zero-order valence-electron chi connectivity index (χ0n) is 20.3. The Kier molecular flexibility index (Phi) is 6.45. The lowest BCUT2D eigenvalue weighted by atomic mass is 9.74. The van der Waals surface area contributed by atoms with Gasteiger partial charge in [-0.2, -0.15) is 0 Å². The summed E-state index contributed by atoms with van der Waals surface area (Å²) in [5.41, 5.74) is 3.00. The first-order valence-electron chi connectivity index (χ1n) is 12.0. The molecule has 0 bridgehead atoms. The summed E-state index contributed by atoms with van der Waals surface area (Å²) in [5, 5.41) is 4.95. The molecule has 2 aromatic rings. The van der Waals surface area contributed by atoms with E-state index in [0.717, 1.165) is 54.3 Å². The van der Waals surface area contributed by atoms with E-state index in [0.29, 0.717) is 11.2 Å². The molecule has 1 amide bonds. The van der Waals surface area contributed by atoms with Crippen LogP contribution in [0.15, 0.2) is 23.1 Å². The average Bonchev–Trinajstić information content (AvgIpc) is 3.24. The molecule has 5 unspecified atom stereocenters. The molecule has 1 aliphatic carbocycles. The first kappa shape index (κ1) is 23.3. The van der Waals surface area contributed by atoms with Crippen LogP contribution in [-0.4, -0.2) is 32.0 Å². The molecule has 174 valence electrons. The van der Waals surface area contributed by atoms with E-state index in [1.165, 1.54) is 0 Å². The molecule has 0 spiro atoms. The molecule has 4 rings (SSSR count). The Morgan fingerprint density at radius 1 is 1.19 bits per heavy atom. The summed E-state index contributed by atoms with van der Waals surface area (Å²) < 4.78 is 1.76. The number of carbonyl (C=O) groups excluding carboxylic acids is 1. The van der Waals surface area contributed by atoms with Crippen LogP contribution in [0.25, 0.3) is 10.9 Å². The van der Waals surface area contributed by atoms with E-state index in [1.54, 1.807) is 4.57 Å². The molecule has 32 heavy (non-hydrogen) atoms. The summed E-state index contributed by atoms with van der Waals surface area (Å²) in [6.07, 6.45) is 6.76. The second-order valence-electron chi connectivity index (χ2n) is 11.0. The van der Waals surface area contributed by atoms with Crippen molar-refractivity contribution in [2.45, 2.75) is 89.2 Å². The predicted octanol–water partition coefficient (Wildman–Crippen LogP) is 4.94. The Morgan fingerprint density at radius 3 is 2.62 bits per heavy atom. The molecular weight excluding hydrogens is 418 g/mol. The van der Waals surface area contributed by atoms with E-state index in [-0.39, 0.29) is 34.1 Å². The standard InChI is InChI=1S/C26H37N3O2S/c1-15-7-8-18(28-24(30)22-9-10-23(32-22)26(3,4)5)13-19(15)20-12-17-14-27-16(2)11-21(17)29(6)25(20)31/h11-12,14-15,18-19,22-23H,7-10,13H2,1-6H3,(H,28,30). The van der Waals surface area contributed by atoms with Crippen LogP contribution >= 0.6 is 11.8 Å². The Labute approximate surface area is 195 Å². The SMILES string of the molecule is Cc1cc2c(cn1)cc(C1CC(NC(=O)C3CCC(C(C)(C)C)S3)CCC1C)c(=O)n2C. The molecule has 6 heteroatoms. The van der Waals surface area contributed by atoms with Gasteiger partial charge in [-0.1, -0.05) is 27.7 Å². The Bertz CT molecular complexity index is 1070. The summed E-state index contributed by atoms with van der Waals surface area (Å²) in [6.45, 7) is 11.0. The summed E-state index contributed by atoms with van der Waals surface area (Å²) in [4.78, 5) is 30.7. The van der Waals surface area contributed by atoms with Gasteiger partial charge < -0.3 is 9.88 Å². The zero-order valence-corrected chi connectivity index (χ0v) is 21.1. The van der Waals surface area contributed by atoms with Gasteiger partial charge in [0.25, 0.3) is 5.56 Å². The molecule has 5 atom stereocenters. The lowest BCUT2D eigenvalue weighted by molar-refractivity contribution is -0.121. The Hall–Kier alpha value is -1.82. The Morgan fingerprint density at radius 2 is 1.94 bits per heavy atom. The van der Waals surface area contributed by atoms with Crippen LogP contribution in [0.4, 0.5) is 0 Å². The highest BCUT2D eigenvalue weighted by Crippen LogP contribution is 2.44. The number of nitrogens with one attached hydrogen (secondary N) is 1. The molecule has 2 aliphatic rings. The summed E-state index contributed by atoms with van der Waals surface area (Å²) in [5.74, 6) is 0.751. The van der Waals surface area contributed by atoms with E-state index in [4.69, 9.17) is 0 Å². The second kappa shape index (κ2) is 8.85. The lowest BCUT2D eigenvalue weighted by Gasteiger charge is -2.35. The summed E-state index contributed by atoms with van der Waals surface area (Å²) in [7, 11) is 1.85. The fourth-order valence-corrected chi connectivity index (χ4v) is 6.94. The van der Waals surface area contributed by atoms with Gasteiger partial charge in [-0.3, -0.25) is 14.6 Å². The van der Waals surface area contributed by atoms with Crippen molar-refractivity contribution in [1.29, 1.82) is 0 Å². The number of aryl methyl sites for hydroxylation is 2. The molecule has 1 saturated heterocycles. The molecule has 5 nitrogen and oxygen atoms in total. The van der Waals surface area contributed by atoms with Gasteiger partial charge in [0.15, 0.2) is 0 Å². The third kappa shape index (κ3) is 4.61. The molecule has 3 heterocycles. The molecule has 2 fully saturated rings. The second-order valence-corrected chi connectivity index (χ2v) is 12.4. The number of fused-ring (bicyclic) bond motifs is 1. The maximum atomic E-state index is 13.3. The molecule has 1 saturated carbocycles. The van der Waals surface area contributed by atoms with Crippen molar-refractivity contribution in [3.63, 3.8) is 0 Å². The van der Waals surface area contributed by atoms with E-state index in [1.807, 2.05) is 44.1 Å². The van der Waals surface area contributed by atoms with Gasteiger partial charge in [-0.15, -0.1) is 11.8 Å². The number of nitrogens with zero attached hydrogens (tertiary/aromatic N) is 2. The normalized spacial score (nSPS) is 28.8.